The zero-order valence-corrected chi connectivity index (χ0v) is 51.0. The maximum Gasteiger partial charge on any atom is 0.472 e. The van der Waals surface area contributed by atoms with Gasteiger partial charge in [0.25, 0.3) is 11.8 Å². The second-order valence-electron chi connectivity index (χ2n) is 21.1. The molecular formula is C51H62F2N16O19P2S. The molecule has 3 fully saturated rings. The van der Waals surface area contributed by atoms with Gasteiger partial charge >= 0.3 is 32.8 Å². The number of amides is 9. The Kier molecular flexibility index (Phi) is 21.3. The van der Waals surface area contributed by atoms with Crippen LogP contribution in [0.5, 0.6) is 0 Å². The van der Waals surface area contributed by atoms with E-state index in [9.17, 15) is 52.7 Å². The van der Waals surface area contributed by atoms with Crippen molar-refractivity contribution >= 4 is 114 Å². The first-order valence-corrected chi connectivity index (χ1v) is 31.9. The van der Waals surface area contributed by atoms with Gasteiger partial charge in [0.05, 0.1) is 31.5 Å². The van der Waals surface area contributed by atoms with E-state index in [-0.39, 0.29) is 85.9 Å². The van der Waals surface area contributed by atoms with Gasteiger partial charge in [-0.3, -0.25) is 52.3 Å². The van der Waals surface area contributed by atoms with Crippen molar-refractivity contribution in [3.8, 4) is 0 Å². The number of nitrogens with zero attached hydrogens (tertiary/aromatic N) is 9. The van der Waals surface area contributed by atoms with E-state index in [1.54, 1.807) is 26.0 Å². The van der Waals surface area contributed by atoms with Gasteiger partial charge in [-0.05, 0) is 54.3 Å². The lowest BCUT2D eigenvalue weighted by molar-refractivity contribution is -0.137. The van der Waals surface area contributed by atoms with Crippen LogP contribution in [0.2, 0.25) is 0 Å². The molecule has 4 aromatic heterocycles. The number of primary amides is 1. The minimum atomic E-state index is -5.25. The van der Waals surface area contributed by atoms with Crippen LogP contribution < -0.4 is 38.1 Å². The number of hydrogen-bond donors (Lipinski definition) is 9. The second kappa shape index (κ2) is 28.9. The van der Waals surface area contributed by atoms with Crippen molar-refractivity contribution in [3.63, 3.8) is 0 Å². The number of carbonyl (C=O) groups is 8. The summed E-state index contributed by atoms with van der Waals surface area (Å²) in [5.74, 6) is -3.66. The maximum absolute atomic E-state index is 16.6. The topological polar surface area (TPSA) is 461 Å². The molecule has 4 aliphatic heterocycles. The standard InChI is InChI=1S/C51H62F2N16O19P2S/c1-25(2)37(64-32(70)13-16-67-33(71)10-11-34(67)72)46(74)63-29(5-4-14-56-49(55)75)45(73)62-27-8-6-26(7-9-27)19-82-51(77)66(3)17-18-81-50(76)65-42-28-12-15-68(43(28)59-23-58-42)47-35(52)39-31(85-47)21-84-90(80,91)88-40-30(20-83-89(78,79)87-39)86-48(36(40)53)69-24-61-38-41(54)57-22-60-44(38)69/h6-12,15,22-25,29-31,35-37,39-40,47-48H,4-5,13-14,16-21H2,1-3H3,(H,62,73)(H,63,74)(H,64,70)(H,78,79)(H,80,91)(H2,54,57,60)(H3,55,56,75)(H,58,59,65,76)/t29-,30+,31?,35+,36+,37?,39+,40+,47+,48+,90?/m0/s1. The Morgan fingerprint density at radius 1 is 0.846 bits per heavy atom. The van der Waals surface area contributed by atoms with E-state index < -0.39 is 143 Å². The molecule has 9 rings (SSSR count). The minimum Gasteiger partial charge on any atom is -0.447 e. The van der Waals surface area contributed by atoms with Crippen molar-refractivity contribution in [1.29, 1.82) is 0 Å². The van der Waals surface area contributed by atoms with E-state index in [4.69, 9.17) is 60.3 Å². The number of aromatic nitrogens is 7. The monoisotopic (exact) mass is 1330 g/mol. The van der Waals surface area contributed by atoms with Gasteiger partial charge in [-0.2, -0.15) is 0 Å². The summed E-state index contributed by atoms with van der Waals surface area (Å²) in [6, 6.07) is 4.48. The Labute approximate surface area is 519 Å². The third-order valence-electron chi connectivity index (χ3n) is 14.4. The van der Waals surface area contributed by atoms with Crippen LogP contribution in [-0.4, -0.2) is 197 Å². The van der Waals surface area contributed by atoms with Crippen LogP contribution in [0.3, 0.4) is 0 Å². The Morgan fingerprint density at radius 2 is 1.51 bits per heavy atom. The van der Waals surface area contributed by atoms with Gasteiger partial charge in [0.2, 0.25) is 17.7 Å². The summed E-state index contributed by atoms with van der Waals surface area (Å²) in [5.41, 5.74) is 12.0. The number of imidazole rings is 1. The Balaban J connectivity index is 0.738. The number of alkyl halides is 2. The lowest BCUT2D eigenvalue weighted by Crippen LogP contribution is -2.54. The van der Waals surface area contributed by atoms with E-state index in [2.05, 4.69) is 51.5 Å². The third-order valence-corrected chi connectivity index (χ3v) is 16.9. The van der Waals surface area contributed by atoms with E-state index in [0.717, 1.165) is 34.6 Å². The van der Waals surface area contributed by atoms with Gasteiger partial charge in [0, 0.05) is 50.6 Å². The number of phosphoric ester groups is 1. The van der Waals surface area contributed by atoms with Crippen molar-refractivity contribution in [2.24, 2.45) is 11.7 Å². The summed E-state index contributed by atoms with van der Waals surface area (Å²) >= 11 is 5.21. The summed E-state index contributed by atoms with van der Waals surface area (Å²) in [7, 11) is -3.87. The highest BCUT2D eigenvalue weighted by Gasteiger charge is 2.54. The lowest BCUT2D eigenvalue weighted by atomic mass is 10.0. The summed E-state index contributed by atoms with van der Waals surface area (Å²) in [6.45, 7) is -3.66. The number of urea groups is 1. The number of ether oxygens (including phenoxy) is 4. The molecule has 490 valence electrons. The fourth-order valence-corrected chi connectivity index (χ4v) is 12.1. The Bertz CT molecular complexity index is 3690. The van der Waals surface area contributed by atoms with Crippen molar-refractivity contribution in [2.45, 2.75) is 101 Å². The van der Waals surface area contributed by atoms with Crippen molar-refractivity contribution in [1.82, 2.24) is 59.8 Å². The molecule has 4 aliphatic rings. The largest absolute Gasteiger partial charge is 0.472 e. The quantitative estimate of drug-likeness (QED) is 0.0286. The van der Waals surface area contributed by atoms with Crippen LogP contribution in [0, 0.1) is 5.92 Å². The molecule has 0 saturated carbocycles. The minimum absolute atomic E-state index is 0.0124. The number of hydrogen-bond acceptors (Lipinski definition) is 24. The number of nitrogen functional groups attached to an aromatic ring is 1. The highest BCUT2D eigenvalue weighted by molar-refractivity contribution is 8.07. The van der Waals surface area contributed by atoms with Gasteiger partial charge < -0.3 is 75.5 Å². The Morgan fingerprint density at radius 3 is 2.20 bits per heavy atom. The molecule has 3 saturated heterocycles. The van der Waals surface area contributed by atoms with Crippen molar-refractivity contribution in [3.05, 3.63) is 73.2 Å². The first-order chi connectivity index (χ1) is 43.3. The first-order valence-electron chi connectivity index (χ1n) is 27.8. The van der Waals surface area contributed by atoms with E-state index in [1.165, 1.54) is 46.9 Å². The Hall–Kier alpha value is -8.29. The van der Waals surface area contributed by atoms with Gasteiger partial charge in [0.1, 0.15) is 79.3 Å². The lowest BCUT2D eigenvalue weighted by Gasteiger charge is -2.28. The predicted octanol–water partition coefficient (Wildman–Crippen LogP) is 1.60. The number of anilines is 3. The summed E-state index contributed by atoms with van der Waals surface area (Å²) < 4.78 is 92.7. The number of rotatable bonds is 21. The van der Waals surface area contributed by atoms with Gasteiger partial charge in [-0.25, -0.2) is 52.6 Å². The van der Waals surface area contributed by atoms with Gasteiger partial charge in [0.15, 0.2) is 36.3 Å². The number of benzene rings is 1. The molecule has 4 unspecified atom stereocenters. The number of nitrogens with one attached hydrogen (secondary N) is 5. The molecule has 11 N–H and O–H groups in total. The average Bonchev–Trinajstić information content (AvgIpc) is 1.63. The van der Waals surface area contributed by atoms with Crippen molar-refractivity contribution < 1.29 is 98.5 Å². The molecule has 8 heterocycles. The maximum atomic E-state index is 16.6. The predicted molar refractivity (Wildman–Crippen MR) is 312 cm³/mol. The molecule has 35 nitrogen and oxygen atoms in total. The SMILES string of the molecule is CC(C)C(NC(=O)CCN1C(=O)C=CC1=O)C(=O)N[C@@H](CCCNC(N)=O)C(=O)Nc1ccc(COC(=O)N(C)CCOC(=O)Nc2ncnc3c2ccn3[C@@H]2OC3COP(O)(=S)O[C@H]4[C@@H](F)[C@H](n5cnc6c(N)ncnc65)O[C@@H]4COP(=O)(O)O[C@H]3[C@H]2F)cc1. The third kappa shape index (κ3) is 16.4. The van der Waals surface area contributed by atoms with Crippen LogP contribution in [-0.2, 0) is 84.0 Å². The van der Waals surface area contributed by atoms with Crippen LogP contribution in [0.1, 0.15) is 51.1 Å². The molecule has 0 radical (unpaired) electrons. The smallest absolute Gasteiger partial charge is 0.447 e. The molecule has 9 amide bonds. The second-order valence-corrected chi connectivity index (χ2v) is 25.3. The molecule has 0 spiro atoms. The number of fused-ring (bicyclic) bond motifs is 4. The molecule has 5 aromatic rings. The number of likely N-dealkylation sites (N-methyl/N-ethyl adjacent to an activating group) is 1. The highest BCUT2D eigenvalue weighted by Crippen LogP contribution is 2.55. The van der Waals surface area contributed by atoms with E-state index in [1.807, 2.05) is 0 Å². The molecule has 12 atom stereocenters. The number of phosphoric acid groups is 1. The molecular weight excluding hydrogens is 1270 g/mol. The number of halogens is 2. The summed E-state index contributed by atoms with van der Waals surface area (Å²) in [4.78, 5) is 145. The molecule has 0 aliphatic carbocycles. The highest BCUT2D eigenvalue weighted by atomic mass is 32.5. The number of imide groups is 1. The van der Waals surface area contributed by atoms with E-state index >= 15 is 8.78 Å². The molecule has 40 heteroatoms. The van der Waals surface area contributed by atoms with Crippen LogP contribution in [0.25, 0.3) is 22.2 Å². The van der Waals surface area contributed by atoms with Crippen LogP contribution >= 0.6 is 14.5 Å². The molecule has 1 aromatic carbocycles. The zero-order valence-electron chi connectivity index (χ0n) is 48.3. The fourth-order valence-electron chi connectivity index (χ4n) is 9.75. The van der Waals surface area contributed by atoms with Gasteiger partial charge in [-0.1, -0.05) is 26.0 Å². The van der Waals surface area contributed by atoms with Crippen molar-refractivity contribution in [2.75, 3.05) is 62.9 Å². The molecule has 0 bridgehead atoms. The first kappa shape index (κ1) is 67.1. The summed E-state index contributed by atoms with van der Waals surface area (Å²) in [6.07, 6.45) is -9.56. The fraction of sp³-hybridized carbons (Fsp3) is 0.471. The van der Waals surface area contributed by atoms with Crippen LogP contribution in [0.15, 0.2) is 67.7 Å². The van der Waals surface area contributed by atoms with E-state index in [0.29, 0.717) is 11.3 Å². The zero-order chi connectivity index (χ0) is 65.5. The number of nitrogens with two attached hydrogens (primary N) is 2. The summed E-state index contributed by atoms with van der Waals surface area (Å²) in [5, 5.41) is 13.0. The normalized spacial score (nSPS) is 25.6. The van der Waals surface area contributed by atoms with Gasteiger partial charge in [-0.15, -0.1) is 0 Å². The molecule has 91 heavy (non-hydrogen) atoms. The average molecular weight is 1340 g/mol. The number of carbonyl (C=O) groups excluding carboxylic acids is 8. The van der Waals surface area contributed by atoms with Crippen LogP contribution in [0.4, 0.5) is 40.5 Å².